The summed E-state index contributed by atoms with van der Waals surface area (Å²) in [4.78, 5) is 19.0. The number of benzene rings is 1. The SMILES string of the molecule is Cc1cnc(C)n1CC1CCCN(C(=O)CCCc2ccccc2)C1. The maximum Gasteiger partial charge on any atom is 0.222 e. The molecule has 0 aliphatic carbocycles. The fourth-order valence-electron chi connectivity index (χ4n) is 3.80. The molecule has 0 N–H and O–H groups in total. The van der Waals surface area contributed by atoms with Gasteiger partial charge in [-0.2, -0.15) is 0 Å². The molecule has 25 heavy (non-hydrogen) atoms. The normalized spacial score (nSPS) is 17.7. The molecule has 0 saturated carbocycles. The Morgan fingerprint density at radius 2 is 2.04 bits per heavy atom. The van der Waals surface area contributed by atoms with E-state index in [1.807, 2.05) is 12.3 Å². The van der Waals surface area contributed by atoms with Crippen molar-refractivity contribution in [3.63, 3.8) is 0 Å². The predicted octanol–water partition coefficient (Wildman–Crippen LogP) is 3.76. The van der Waals surface area contributed by atoms with Gasteiger partial charge in [0.05, 0.1) is 0 Å². The molecule has 0 spiro atoms. The lowest BCUT2D eigenvalue weighted by Gasteiger charge is -2.33. The van der Waals surface area contributed by atoms with Crippen molar-refractivity contribution in [3.8, 4) is 0 Å². The van der Waals surface area contributed by atoms with Crippen LogP contribution in [0.1, 0.15) is 42.8 Å². The van der Waals surface area contributed by atoms with E-state index >= 15 is 0 Å². The van der Waals surface area contributed by atoms with Gasteiger partial charge in [-0.05, 0) is 51.0 Å². The van der Waals surface area contributed by atoms with Crippen LogP contribution in [0.5, 0.6) is 0 Å². The molecule has 1 aliphatic rings. The van der Waals surface area contributed by atoms with Crippen LogP contribution < -0.4 is 0 Å². The fraction of sp³-hybridized carbons (Fsp3) is 0.524. The summed E-state index contributed by atoms with van der Waals surface area (Å²) in [5.41, 5.74) is 2.53. The van der Waals surface area contributed by atoms with E-state index in [-0.39, 0.29) is 0 Å². The lowest BCUT2D eigenvalue weighted by Crippen LogP contribution is -2.41. The van der Waals surface area contributed by atoms with Crippen LogP contribution in [0.2, 0.25) is 0 Å². The second-order valence-electron chi connectivity index (χ2n) is 7.24. The zero-order valence-electron chi connectivity index (χ0n) is 15.4. The summed E-state index contributed by atoms with van der Waals surface area (Å²) in [6.07, 6.45) is 6.82. The largest absolute Gasteiger partial charge is 0.342 e. The standard InChI is InChI=1S/C21H29N3O/c1-17-14-22-18(2)24(17)16-20-11-7-13-23(15-20)21(25)12-6-10-19-8-4-3-5-9-19/h3-5,8-9,14,20H,6-7,10-13,15-16H2,1-2H3. The molecule has 4 nitrogen and oxygen atoms in total. The molecule has 1 aliphatic heterocycles. The molecule has 1 amide bonds. The summed E-state index contributed by atoms with van der Waals surface area (Å²) >= 11 is 0. The van der Waals surface area contributed by atoms with Crippen molar-refractivity contribution in [3.05, 3.63) is 53.6 Å². The topological polar surface area (TPSA) is 38.1 Å². The monoisotopic (exact) mass is 339 g/mol. The van der Waals surface area contributed by atoms with Crippen molar-refractivity contribution in [2.75, 3.05) is 13.1 Å². The summed E-state index contributed by atoms with van der Waals surface area (Å²) in [7, 11) is 0. The maximum absolute atomic E-state index is 12.6. The highest BCUT2D eigenvalue weighted by Gasteiger charge is 2.24. The molecule has 4 heteroatoms. The number of hydrogen-bond donors (Lipinski definition) is 0. The van der Waals surface area contributed by atoms with Crippen molar-refractivity contribution < 1.29 is 4.79 Å². The third kappa shape index (κ3) is 4.71. The third-order valence-corrected chi connectivity index (χ3v) is 5.27. The van der Waals surface area contributed by atoms with E-state index in [1.165, 1.54) is 17.7 Å². The number of hydrogen-bond acceptors (Lipinski definition) is 2. The summed E-state index contributed by atoms with van der Waals surface area (Å²) < 4.78 is 2.29. The van der Waals surface area contributed by atoms with Crippen molar-refractivity contribution in [1.82, 2.24) is 14.5 Å². The maximum atomic E-state index is 12.6. The van der Waals surface area contributed by atoms with Crippen LogP contribution in [-0.4, -0.2) is 33.4 Å². The Bertz CT molecular complexity index is 673. The van der Waals surface area contributed by atoms with Crippen molar-refractivity contribution in [1.29, 1.82) is 0 Å². The number of likely N-dealkylation sites (tertiary alicyclic amines) is 1. The van der Waals surface area contributed by atoms with Gasteiger partial charge in [-0.1, -0.05) is 30.3 Å². The molecular weight excluding hydrogens is 310 g/mol. The van der Waals surface area contributed by atoms with Crippen LogP contribution in [0.25, 0.3) is 0 Å². The molecule has 1 unspecified atom stereocenters. The highest BCUT2D eigenvalue weighted by Crippen LogP contribution is 2.21. The van der Waals surface area contributed by atoms with Gasteiger partial charge in [0, 0.05) is 37.9 Å². The summed E-state index contributed by atoms with van der Waals surface area (Å²) in [6.45, 7) is 6.95. The molecule has 2 heterocycles. The quantitative estimate of drug-likeness (QED) is 0.804. The number of aromatic nitrogens is 2. The molecule has 1 fully saturated rings. The summed E-state index contributed by atoms with van der Waals surface area (Å²) in [5.74, 6) is 1.93. The number of nitrogens with zero attached hydrogens (tertiary/aromatic N) is 3. The van der Waals surface area contributed by atoms with E-state index in [0.717, 1.165) is 44.7 Å². The van der Waals surface area contributed by atoms with Gasteiger partial charge in [0.1, 0.15) is 5.82 Å². The zero-order valence-corrected chi connectivity index (χ0v) is 15.4. The van der Waals surface area contributed by atoms with E-state index in [4.69, 9.17) is 0 Å². The Hall–Kier alpha value is -2.10. The van der Waals surface area contributed by atoms with Crippen LogP contribution in [0.15, 0.2) is 36.5 Å². The van der Waals surface area contributed by atoms with E-state index in [1.54, 1.807) is 0 Å². The molecule has 1 aromatic heterocycles. The molecular formula is C21H29N3O. The Balaban J connectivity index is 1.48. The minimum Gasteiger partial charge on any atom is -0.342 e. The second-order valence-corrected chi connectivity index (χ2v) is 7.24. The molecule has 2 aromatic rings. The molecule has 1 aromatic carbocycles. The average Bonchev–Trinajstić information content (AvgIpc) is 2.95. The van der Waals surface area contributed by atoms with Crippen molar-refractivity contribution in [2.45, 2.75) is 52.5 Å². The van der Waals surface area contributed by atoms with Crippen molar-refractivity contribution in [2.24, 2.45) is 5.92 Å². The van der Waals surface area contributed by atoms with E-state index < -0.39 is 0 Å². The first-order valence-corrected chi connectivity index (χ1v) is 9.44. The summed E-state index contributed by atoms with van der Waals surface area (Å²) in [5, 5.41) is 0. The van der Waals surface area contributed by atoms with Crippen LogP contribution >= 0.6 is 0 Å². The van der Waals surface area contributed by atoms with Gasteiger partial charge in [0.15, 0.2) is 0 Å². The Morgan fingerprint density at radius 1 is 1.24 bits per heavy atom. The number of carbonyl (C=O) groups is 1. The van der Waals surface area contributed by atoms with Gasteiger partial charge in [0.2, 0.25) is 5.91 Å². The molecule has 0 bridgehead atoms. The van der Waals surface area contributed by atoms with Gasteiger partial charge in [0.25, 0.3) is 0 Å². The third-order valence-electron chi connectivity index (χ3n) is 5.27. The Labute approximate surface area is 150 Å². The predicted molar refractivity (Wildman–Crippen MR) is 100 cm³/mol. The number of rotatable bonds is 6. The molecule has 0 radical (unpaired) electrons. The first kappa shape index (κ1) is 17.7. The summed E-state index contributed by atoms with van der Waals surface area (Å²) in [6, 6.07) is 10.4. The Morgan fingerprint density at radius 3 is 2.76 bits per heavy atom. The number of imidazole rings is 1. The molecule has 1 atom stereocenters. The smallest absolute Gasteiger partial charge is 0.222 e. The minimum absolute atomic E-state index is 0.319. The number of piperidine rings is 1. The van der Waals surface area contributed by atoms with Gasteiger partial charge in [-0.3, -0.25) is 4.79 Å². The zero-order chi connectivity index (χ0) is 17.6. The highest BCUT2D eigenvalue weighted by atomic mass is 16.2. The first-order valence-electron chi connectivity index (χ1n) is 9.44. The van der Waals surface area contributed by atoms with E-state index in [9.17, 15) is 4.79 Å². The van der Waals surface area contributed by atoms with Crippen LogP contribution in [-0.2, 0) is 17.8 Å². The second kappa shape index (κ2) is 8.32. The van der Waals surface area contributed by atoms with Gasteiger partial charge >= 0.3 is 0 Å². The lowest BCUT2D eigenvalue weighted by molar-refractivity contribution is -0.133. The highest BCUT2D eigenvalue weighted by molar-refractivity contribution is 5.76. The fourth-order valence-corrected chi connectivity index (χ4v) is 3.80. The van der Waals surface area contributed by atoms with Gasteiger partial charge in [-0.25, -0.2) is 4.98 Å². The van der Waals surface area contributed by atoms with E-state index in [0.29, 0.717) is 18.2 Å². The van der Waals surface area contributed by atoms with Gasteiger partial charge < -0.3 is 9.47 Å². The number of carbonyl (C=O) groups excluding carboxylic acids is 1. The minimum atomic E-state index is 0.319. The Kier molecular flexibility index (Phi) is 5.90. The van der Waals surface area contributed by atoms with Gasteiger partial charge in [-0.15, -0.1) is 0 Å². The molecule has 1 saturated heterocycles. The van der Waals surface area contributed by atoms with Crippen LogP contribution in [0.4, 0.5) is 0 Å². The van der Waals surface area contributed by atoms with Crippen molar-refractivity contribution >= 4 is 5.91 Å². The molecule has 3 rings (SSSR count). The first-order chi connectivity index (χ1) is 12.1. The number of aryl methyl sites for hydroxylation is 3. The molecule has 134 valence electrons. The van der Waals surface area contributed by atoms with Crippen LogP contribution in [0.3, 0.4) is 0 Å². The lowest BCUT2D eigenvalue weighted by atomic mass is 9.97. The van der Waals surface area contributed by atoms with E-state index in [2.05, 4.69) is 52.6 Å². The average molecular weight is 339 g/mol. The number of amides is 1. The van der Waals surface area contributed by atoms with Crippen LogP contribution in [0, 0.1) is 19.8 Å².